The van der Waals surface area contributed by atoms with E-state index in [-0.39, 0.29) is 13.0 Å². The number of alkyl halides is 1. The molecule has 0 radical (unpaired) electrons. The first-order valence-electron chi connectivity index (χ1n) is 4.06. The van der Waals surface area contributed by atoms with Gasteiger partial charge in [0.05, 0.1) is 13.3 Å². The number of halogens is 1. The van der Waals surface area contributed by atoms with Crippen molar-refractivity contribution in [1.29, 1.82) is 0 Å². The van der Waals surface area contributed by atoms with Gasteiger partial charge in [0.2, 0.25) is 0 Å². The van der Waals surface area contributed by atoms with E-state index < -0.39 is 18.7 Å². The van der Waals surface area contributed by atoms with Crippen LogP contribution in [-0.4, -0.2) is 36.9 Å². The molecule has 0 bridgehead atoms. The summed E-state index contributed by atoms with van der Waals surface area (Å²) in [5.41, 5.74) is 0. The van der Waals surface area contributed by atoms with Crippen molar-refractivity contribution < 1.29 is 19.1 Å². The number of hydrogen-bond acceptors (Lipinski definition) is 4. The highest BCUT2D eigenvalue weighted by molar-refractivity contribution is 5.73. The smallest absolute Gasteiger partial charge is 0.320 e. The summed E-state index contributed by atoms with van der Waals surface area (Å²) in [5, 5.41) is 11.3. The summed E-state index contributed by atoms with van der Waals surface area (Å²) in [4.78, 5) is 14.8. The highest BCUT2D eigenvalue weighted by atomic mass is 19.1. The molecule has 4 N–H and O–H groups in total. The predicted octanol–water partition coefficient (Wildman–Crippen LogP) is -0.331. The third-order valence-electron chi connectivity index (χ3n) is 1.52. The highest BCUT2D eigenvalue weighted by Crippen LogP contribution is 1.92. The van der Waals surface area contributed by atoms with Gasteiger partial charge >= 0.3 is 5.97 Å². The van der Waals surface area contributed by atoms with Crippen LogP contribution in [0.4, 0.5) is 4.39 Å². The SMILES string of the molecule is NOCC[C@H](NCCCF)C(=O)O. The van der Waals surface area contributed by atoms with Gasteiger partial charge in [-0.15, -0.1) is 0 Å². The van der Waals surface area contributed by atoms with Crippen molar-refractivity contribution in [2.75, 3.05) is 19.8 Å². The highest BCUT2D eigenvalue weighted by Gasteiger charge is 2.15. The molecule has 0 amide bonds. The molecule has 0 aliphatic heterocycles. The lowest BCUT2D eigenvalue weighted by molar-refractivity contribution is -0.140. The summed E-state index contributed by atoms with van der Waals surface area (Å²) in [6, 6.07) is -0.713. The fraction of sp³-hybridized carbons (Fsp3) is 0.857. The largest absolute Gasteiger partial charge is 0.480 e. The van der Waals surface area contributed by atoms with Crippen LogP contribution in [-0.2, 0) is 9.63 Å². The molecule has 0 unspecified atom stereocenters. The van der Waals surface area contributed by atoms with Crippen LogP contribution in [0.1, 0.15) is 12.8 Å². The van der Waals surface area contributed by atoms with Crippen LogP contribution >= 0.6 is 0 Å². The predicted molar refractivity (Wildman–Crippen MR) is 44.8 cm³/mol. The summed E-state index contributed by atoms with van der Waals surface area (Å²) in [5.74, 6) is 3.78. The molecule has 0 aromatic carbocycles. The maximum absolute atomic E-state index is 11.7. The van der Waals surface area contributed by atoms with Crippen LogP contribution in [0.2, 0.25) is 0 Å². The third-order valence-corrected chi connectivity index (χ3v) is 1.52. The Morgan fingerprint density at radius 2 is 2.38 bits per heavy atom. The van der Waals surface area contributed by atoms with Crippen molar-refractivity contribution in [2.24, 2.45) is 5.90 Å². The molecule has 0 aromatic rings. The number of rotatable bonds is 8. The average Bonchev–Trinajstić information content (AvgIpc) is 2.10. The Labute approximate surface area is 76.0 Å². The van der Waals surface area contributed by atoms with Crippen molar-refractivity contribution in [3.63, 3.8) is 0 Å². The van der Waals surface area contributed by atoms with Crippen LogP contribution in [0.25, 0.3) is 0 Å². The van der Waals surface area contributed by atoms with Crippen molar-refractivity contribution >= 4 is 5.97 Å². The molecule has 6 heteroatoms. The van der Waals surface area contributed by atoms with Gasteiger partial charge in [0.1, 0.15) is 6.04 Å². The maximum Gasteiger partial charge on any atom is 0.320 e. The Morgan fingerprint density at radius 1 is 1.69 bits per heavy atom. The normalized spacial score (nSPS) is 12.8. The molecule has 0 aromatic heterocycles. The van der Waals surface area contributed by atoms with Crippen LogP contribution in [0.15, 0.2) is 0 Å². The van der Waals surface area contributed by atoms with E-state index in [9.17, 15) is 9.18 Å². The van der Waals surface area contributed by atoms with Gasteiger partial charge in [0, 0.05) is 0 Å². The van der Waals surface area contributed by atoms with Gasteiger partial charge in [-0.05, 0) is 19.4 Å². The fourth-order valence-electron chi connectivity index (χ4n) is 0.842. The first-order chi connectivity index (χ1) is 6.22. The van der Waals surface area contributed by atoms with Crippen LogP contribution < -0.4 is 11.2 Å². The first kappa shape index (κ1) is 12.3. The van der Waals surface area contributed by atoms with Crippen LogP contribution in [0.3, 0.4) is 0 Å². The second-order valence-corrected chi connectivity index (χ2v) is 2.55. The van der Waals surface area contributed by atoms with Gasteiger partial charge in [-0.2, -0.15) is 0 Å². The van der Waals surface area contributed by atoms with Gasteiger partial charge in [-0.1, -0.05) is 0 Å². The monoisotopic (exact) mass is 194 g/mol. The van der Waals surface area contributed by atoms with E-state index >= 15 is 0 Å². The molecule has 5 nitrogen and oxygen atoms in total. The second kappa shape index (κ2) is 7.90. The van der Waals surface area contributed by atoms with E-state index in [4.69, 9.17) is 11.0 Å². The molecule has 0 rings (SSSR count). The molecule has 0 saturated carbocycles. The molecule has 0 saturated heterocycles. The second-order valence-electron chi connectivity index (χ2n) is 2.55. The lowest BCUT2D eigenvalue weighted by Gasteiger charge is -2.12. The lowest BCUT2D eigenvalue weighted by atomic mass is 10.2. The molecule has 0 aliphatic carbocycles. The third kappa shape index (κ3) is 6.44. The van der Waals surface area contributed by atoms with E-state index in [0.717, 1.165) is 0 Å². The minimum atomic E-state index is -0.976. The van der Waals surface area contributed by atoms with Crippen LogP contribution in [0, 0.1) is 0 Å². The standard InChI is InChI=1S/C7H15FN2O3/c8-3-1-4-10-6(7(11)12)2-5-13-9/h6,10H,1-5,9H2,(H,11,12)/t6-/m0/s1. The maximum atomic E-state index is 11.7. The van der Waals surface area contributed by atoms with Crippen molar-refractivity contribution in [3.8, 4) is 0 Å². The summed E-state index contributed by atoms with van der Waals surface area (Å²) in [6.07, 6.45) is 0.589. The number of aliphatic carboxylic acids is 1. The lowest BCUT2D eigenvalue weighted by Crippen LogP contribution is -2.38. The Kier molecular flexibility index (Phi) is 7.47. The number of carbonyl (C=O) groups is 1. The first-order valence-corrected chi connectivity index (χ1v) is 4.06. The molecular formula is C7H15FN2O3. The zero-order valence-corrected chi connectivity index (χ0v) is 7.33. The number of carboxylic acid groups (broad SMARTS) is 1. The van der Waals surface area contributed by atoms with Gasteiger partial charge in [-0.25, -0.2) is 5.90 Å². The number of hydrogen-bond donors (Lipinski definition) is 3. The van der Waals surface area contributed by atoms with E-state index in [1.165, 1.54) is 0 Å². The topological polar surface area (TPSA) is 84.6 Å². The number of carboxylic acids is 1. The van der Waals surface area contributed by atoms with E-state index in [2.05, 4.69) is 10.2 Å². The van der Waals surface area contributed by atoms with Crippen molar-refractivity contribution in [3.05, 3.63) is 0 Å². The molecule has 0 spiro atoms. The summed E-state index contributed by atoms with van der Waals surface area (Å²) >= 11 is 0. The molecule has 1 atom stereocenters. The minimum Gasteiger partial charge on any atom is -0.480 e. The van der Waals surface area contributed by atoms with Crippen molar-refractivity contribution in [1.82, 2.24) is 5.32 Å². The van der Waals surface area contributed by atoms with E-state index in [1.807, 2.05) is 0 Å². The Balaban J connectivity index is 3.61. The van der Waals surface area contributed by atoms with Gasteiger partial charge in [0.25, 0.3) is 0 Å². The Morgan fingerprint density at radius 3 is 2.85 bits per heavy atom. The molecule has 78 valence electrons. The van der Waals surface area contributed by atoms with Gasteiger partial charge in [0.15, 0.2) is 0 Å². The molecule has 0 fully saturated rings. The van der Waals surface area contributed by atoms with E-state index in [0.29, 0.717) is 13.0 Å². The Hall–Kier alpha value is -0.720. The average molecular weight is 194 g/mol. The molecule has 0 heterocycles. The molecule has 0 aliphatic rings. The summed E-state index contributed by atoms with van der Waals surface area (Å²) in [7, 11) is 0. The zero-order valence-electron chi connectivity index (χ0n) is 7.33. The zero-order chi connectivity index (χ0) is 10.1. The van der Waals surface area contributed by atoms with Gasteiger partial charge in [-0.3, -0.25) is 9.18 Å². The van der Waals surface area contributed by atoms with E-state index in [1.54, 1.807) is 0 Å². The minimum absolute atomic E-state index is 0.166. The van der Waals surface area contributed by atoms with Crippen LogP contribution in [0.5, 0.6) is 0 Å². The summed E-state index contributed by atoms with van der Waals surface area (Å²) in [6.45, 7) is 0.0599. The summed E-state index contributed by atoms with van der Waals surface area (Å²) < 4.78 is 11.7. The molecular weight excluding hydrogens is 179 g/mol. The van der Waals surface area contributed by atoms with Gasteiger partial charge < -0.3 is 15.3 Å². The number of nitrogens with two attached hydrogens (primary N) is 1. The van der Waals surface area contributed by atoms with Crippen molar-refractivity contribution in [2.45, 2.75) is 18.9 Å². The quantitative estimate of drug-likeness (QED) is 0.364. The fourth-order valence-corrected chi connectivity index (χ4v) is 0.842. The Bertz CT molecular complexity index is 146. The number of nitrogens with one attached hydrogen (secondary N) is 1. The molecule has 13 heavy (non-hydrogen) atoms.